The Kier molecular flexibility index (Phi) is 2.45. The van der Waals surface area contributed by atoms with Crippen LogP contribution in [0.25, 0.3) is 0 Å². The molecule has 0 aliphatic carbocycles. The van der Waals surface area contributed by atoms with Crippen molar-refractivity contribution in [1.29, 1.82) is 0 Å². The summed E-state index contributed by atoms with van der Waals surface area (Å²) in [4.78, 5) is 0. The molecule has 2 aromatic carbocycles. The molecule has 0 fully saturated rings. The summed E-state index contributed by atoms with van der Waals surface area (Å²) in [5.41, 5.74) is 2.07. The minimum absolute atomic E-state index is 0.0787. The first-order valence-corrected chi connectivity index (χ1v) is 5.69. The number of ether oxygens (including phenoxy) is 1. The third-order valence-corrected chi connectivity index (χ3v) is 3.05. The molecule has 1 aliphatic heterocycles. The summed E-state index contributed by atoms with van der Waals surface area (Å²) < 4.78 is 5.39. The summed E-state index contributed by atoms with van der Waals surface area (Å²) in [6, 6.07) is 12.2. The lowest BCUT2D eigenvalue weighted by atomic mass is 9.89. The summed E-state index contributed by atoms with van der Waals surface area (Å²) in [6.45, 7) is 0. The second kappa shape index (κ2) is 4.11. The van der Waals surface area contributed by atoms with Gasteiger partial charge in [0.1, 0.15) is 17.2 Å². The second-order valence-electron chi connectivity index (χ2n) is 4.24. The maximum atomic E-state index is 9.44. The highest BCUT2D eigenvalue weighted by Gasteiger charge is 2.19. The van der Waals surface area contributed by atoms with Gasteiger partial charge in [-0.25, -0.2) is 0 Å². The van der Waals surface area contributed by atoms with E-state index in [4.69, 9.17) is 4.74 Å². The zero-order valence-electron chi connectivity index (χ0n) is 9.58. The third kappa shape index (κ3) is 1.80. The molecule has 3 rings (SSSR count). The predicted molar refractivity (Wildman–Crippen MR) is 67.8 cm³/mol. The maximum Gasteiger partial charge on any atom is 0.134 e. The van der Waals surface area contributed by atoms with Crippen LogP contribution >= 0.6 is 0 Å². The molecule has 1 atom stereocenters. The SMILES string of the molecule is Oc1ccc(C2C=COc3cc(O)ccc32)cc1. The molecule has 0 spiro atoms. The Hall–Kier alpha value is -2.42. The molecule has 0 saturated heterocycles. The summed E-state index contributed by atoms with van der Waals surface area (Å²) in [6.07, 6.45) is 3.57. The van der Waals surface area contributed by atoms with Crippen LogP contribution in [0.1, 0.15) is 17.0 Å². The number of hydrogen-bond acceptors (Lipinski definition) is 3. The number of phenols is 2. The molecule has 0 amide bonds. The van der Waals surface area contributed by atoms with Crippen LogP contribution in [0.15, 0.2) is 54.8 Å². The van der Waals surface area contributed by atoms with Gasteiger partial charge in [0.25, 0.3) is 0 Å². The van der Waals surface area contributed by atoms with Gasteiger partial charge in [-0.15, -0.1) is 0 Å². The lowest BCUT2D eigenvalue weighted by molar-refractivity contribution is 0.441. The van der Waals surface area contributed by atoms with E-state index >= 15 is 0 Å². The fourth-order valence-corrected chi connectivity index (χ4v) is 2.15. The van der Waals surface area contributed by atoms with E-state index in [0.29, 0.717) is 5.75 Å². The number of phenolic OH excluding ortho intramolecular Hbond substituents is 2. The topological polar surface area (TPSA) is 49.7 Å². The van der Waals surface area contributed by atoms with Crippen LogP contribution in [0.3, 0.4) is 0 Å². The molecule has 0 radical (unpaired) electrons. The second-order valence-corrected chi connectivity index (χ2v) is 4.24. The van der Waals surface area contributed by atoms with Crippen molar-refractivity contribution in [2.24, 2.45) is 0 Å². The zero-order chi connectivity index (χ0) is 12.5. The highest BCUT2D eigenvalue weighted by molar-refractivity contribution is 5.50. The first kappa shape index (κ1) is 10.7. The molecule has 0 saturated carbocycles. The number of aromatic hydroxyl groups is 2. The van der Waals surface area contributed by atoms with E-state index in [-0.39, 0.29) is 17.4 Å². The molecule has 18 heavy (non-hydrogen) atoms. The van der Waals surface area contributed by atoms with Gasteiger partial charge in [-0.3, -0.25) is 0 Å². The van der Waals surface area contributed by atoms with E-state index in [0.717, 1.165) is 11.1 Å². The van der Waals surface area contributed by atoms with Crippen LogP contribution in [-0.4, -0.2) is 10.2 Å². The van der Waals surface area contributed by atoms with Crippen LogP contribution in [0, 0.1) is 0 Å². The van der Waals surface area contributed by atoms with Crippen LogP contribution in [0.4, 0.5) is 0 Å². The monoisotopic (exact) mass is 240 g/mol. The standard InChI is InChI=1S/C15H12O3/c16-11-3-1-10(2-4-11)13-7-8-18-15-9-12(17)5-6-14(13)15/h1-9,13,16-17H. The largest absolute Gasteiger partial charge is 0.508 e. The minimum Gasteiger partial charge on any atom is -0.508 e. The van der Waals surface area contributed by atoms with E-state index in [1.807, 2.05) is 24.3 Å². The molecule has 0 aromatic heterocycles. The van der Waals surface area contributed by atoms with Gasteiger partial charge in [-0.05, 0) is 29.8 Å². The van der Waals surface area contributed by atoms with Gasteiger partial charge in [-0.2, -0.15) is 0 Å². The highest BCUT2D eigenvalue weighted by atomic mass is 16.5. The van der Waals surface area contributed by atoms with Crippen LogP contribution < -0.4 is 4.74 Å². The summed E-state index contributed by atoms with van der Waals surface area (Å²) in [5.74, 6) is 1.18. The van der Waals surface area contributed by atoms with Crippen molar-refractivity contribution in [2.45, 2.75) is 5.92 Å². The molecule has 1 heterocycles. The van der Waals surface area contributed by atoms with Crippen molar-refractivity contribution in [3.05, 3.63) is 65.9 Å². The average Bonchev–Trinajstić information content (AvgIpc) is 2.38. The molecular weight excluding hydrogens is 228 g/mol. The molecule has 3 heteroatoms. The Balaban J connectivity index is 2.06. The van der Waals surface area contributed by atoms with Crippen LogP contribution in [-0.2, 0) is 0 Å². The molecular formula is C15H12O3. The van der Waals surface area contributed by atoms with Crippen molar-refractivity contribution in [3.63, 3.8) is 0 Å². The van der Waals surface area contributed by atoms with Gasteiger partial charge in [0.2, 0.25) is 0 Å². The van der Waals surface area contributed by atoms with E-state index in [9.17, 15) is 10.2 Å². The number of fused-ring (bicyclic) bond motifs is 1. The molecule has 90 valence electrons. The smallest absolute Gasteiger partial charge is 0.134 e. The van der Waals surface area contributed by atoms with Crippen LogP contribution in [0.5, 0.6) is 17.2 Å². The van der Waals surface area contributed by atoms with Crippen molar-refractivity contribution in [2.75, 3.05) is 0 Å². The Morgan fingerprint density at radius 1 is 0.889 bits per heavy atom. The summed E-state index contributed by atoms with van der Waals surface area (Å²) in [7, 11) is 0. The predicted octanol–water partition coefficient (Wildman–Crippen LogP) is 3.14. The average molecular weight is 240 g/mol. The van der Waals surface area contributed by atoms with Gasteiger partial charge >= 0.3 is 0 Å². The zero-order valence-corrected chi connectivity index (χ0v) is 9.58. The fourth-order valence-electron chi connectivity index (χ4n) is 2.15. The highest BCUT2D eigenvalue weighted by Crippen LogP contribution is 2.38. The maximum absolute atomic E-state index is 9.44. The van der Waals surface area contributed by atoms with Crippen molar-refractivity contribution >= 4 is 0 Å². The molecule has 1 unspecified atom stereocenters. The first-order chi connectivity index (χ1) is 8.74. The summed E-state index contributed by atoms with van der Waals surface area (Å²) >= 11 is 0. The van der Waals surface area contributed by atoms with Gasteiger partial charge in [0.05, 0.1) is 6.26 Å². The minimum atomic E-state index is 0.0787. The van der Waals surface area contributed by atoms with Gasteiger partial charge in [0, 0.05) is 17.5 Å². The molecule has 0 bridgehead atoms. The Morgan fingerprint density at radius 3 is 2.39 bits per heavy atom. The lowest BCUT2D eigenvalue weighted by Gasteiger charge is -2.21. The summed E-state index contributed by atoms with van der Waals surface area (Å²) in [5, 5.41) is 18.8. The molecule has 1 aliphatic rings. The Labute approximate surface area is 105 Å². The van der Waals surface area contributed by atoms with E-state index < -0.39 is 0 Å². The van der Waals surface area contributed by atoms with E-state index in [2.05, 4.69) is 0 Å². The number of allylic oxidation sites excluding steroid dienone is 1. The Morgan fingerprint density at radius 2 is 1.61 bits per heavy atom. The number of rotatable bonds is 1. The lowest BCUT2D eigenvalue weighted by Crippen LogP contribution is -2.05. The normalized spacial score (nSPS) is 17.0. The first-order valence-electron chi connectivity index (χ1n) is 5.69. The van der Waals surface area contributed by atoms with Crippen molar-refractivity contribution in [3.8, 4) is 17.2 Å². The molecule has 2 N–H and O–H groups in total. The quantitative estimate of drug-likeness (QED) is 0.805. The molecule has 3 nitrogen and oxygen atoms in total. The molecule has 2 aromatic rings. The number of hydrogen-bond donors (Lipinski definition) is 2. The van der Waals surface area contributed by atoms with Crippen molar-refractivity contribution in [1.82, 2.24) is 0 Å². The Bertz CT molecular complexity index is 600. The van der Waals surface area contributed by atoms with Gasteiger partial charge in [0.15, 0.2) is 0 Å². The number of benzene rings is 2. The van der Waals surface area contributed by atoms with Gasteiger partial charge in [-0.1, -0.05) is 18.2 Å². The fraction of sp³-hybridized carbons (Fsp3) is 0.0667. The third-order valence-electron chi connectivity index (χ3n) is 3.05. The van der Waals surface area contributed by atoms with Crippen LogP contribution in [0.2, 0.25) is 0 Å². The van der Waals surface area contributed by atoms with Crippen molar-refractivity contribution < 1.29 is 14.9 Å². The van der Waals surface area contributed by atoms with E-state index in [1.54, 1.807) is 30.5 Å². The van der Waals surface area contributed by atoms with Gasteiger partial charge < -0.3 is 14.9 Å². The van der Waals surface area contributed by atoms with E-state index in [1.165, 1.54) is 0 Å².